The zero-order chi connectivity index (χ0) is 27.5. The van der Waals surface area contributed by atoms with Gasteiger partial charge in [0.2, 0.25) is 23.6 Å². The van der Waals surface area contributed by atoms with Gasteiger partial charge in [-0.1, -0.05) is 6.42 Å². The maximum Gasteiger partial charge on any atom is 0.326 e. The Morgan fingerprint density at radius 3 is 1.75 bits per heavy atom. The van der Waals surface area contributed by atoms with Gasteiger partial charge in [0.1, 0.15) is 18.1 Å². The van der Waals surface area contributed by atoms with Crippen LogP contribution in [0, 0.1) is 0 Å². The van der Waals surface area contributed by atoms with E-state index < -0.39 is 53.8 Å². The fourth-order valence-electron chi connectivity index (χ4n) is 3.27. The number of carbonyl (C=O) groups excluding carboxylic acids is 4. The molecule has 13 nitrogen and oxygen atoms in total. The van der Waals surface area contributed by atoms with Crippen molar-refractivity contribution in [1.82, 2.24) is 16.0 Å². The van der Waals surface area contributed by atoms with E-state index in [1.165, 1.54) is 11.8 Å². The predicted octanol–water partition coefficient (Wildman–Crippen LogP) is -1.87. The van der Waals surface area contributed by atoms with Gasteiger partial charge in [0, 0.05) is 6.42 Å². The second kappa shape index (κ2) is 19.7. The lowest BCUT2D eigenvalue weighted by Gasteiger charge is -2.25. The summed E-state index contributed by atoms with van der Waals surface area (Å²) in [5, 5.41) is 17.0. The van der Waals surface area contributed by atoms with Gasteiger partial charge in [-0.25, -0.2) is 4.79 Å². The fraction of sp³-hybridized carbons (Fsp3) is 0.773. The van der Waals surface area contributed by atoms with Crippen molar-refractivity contribution in [3.8, 4) is 0 Å². The summed E-state index contributed by atoms with van der Waals surface area (Å²) in [7, 11) is 0. The first-order valence-corrected chi connectivity index (χ1v) is 13.5. The van der Waals surface area contributed by atoms with Crippen LogP contribution in [0.3, 0.4) is 0 Å². The number of hydrogen-bond acceptors (Lipinski definition) is 9. The van der Waals surface area contributed by atoms with Crippen LogP contribution in [-0.4, -0.2) is 84.0 Å². The Labute approximate surface area is 216 Å². The third-order valence-corrected chi connectivity index (χ3v) is 6.07. The molecule has 0 aliphatic heterocycles. The van der Waals surface area contributed by atoms with E-state index in [1.807, 2.05) is 6.26 Å². The lowest BCUT2D eigenvalue weighted by molar-refractivity contribution is -0.142. The third-order valence-electron chi connectivity index (χ3n) is 5.42. The van der Waals surface area contributed by atoms with Crippen LogP contribution in [0.4, 0.5) is 0 Å². The van der Waals surface area contributed by atoms with Gasteiger partial charge in [-0.3, -0.25) is 19.2 Å². The summed E-state index contributed by atoms with van der Waals surface area (Å²) < 4.78 is 0. The molecule has 0 spiro atoms. The van der Waals surface area contributed by atoms with E-state index in [0.717, 1.165) is 6.42 Å². The van der Waals surface area contributed by atoms with E-state index in [1.54, 1.807) is 0 Å². The average Bonchev–Trinajstić information content (AvgIpc) is 2.82. The number of carboxylic acid groups (broad SMARTS) is 1. The molecule has 0 aromatic heterocycles. The lowest BCUT2D eigenvalue weighted by Crippen LogP contribution is -2.57. The number of amides is 4. The molecule has 0 aliphatic carbocycles. The highest BCUT2D eigenvalue weighted by Gasteiger charge is 2.30. The van der Waals surface area contributed by atoms with E-state index in [-0.39, 0.29) is 25.7 Å². The minimum absolute atomic E-state index is 0.181. The molecule has 0 radical (unpaired) electrons. The second-order valence-electron chi connectivity index (χ2n) is 8.48. The molecule has 4 amide bonds. The number of carbonyl (C=O) groups is 5. The number of unbranched alkanes of at least 4 members (excludes halogenated alkanes) is 2. The first-order valence-electron chi connectivity index (χ1n) is 12.1. The Balaban J connectivity index is 5.41. The Bertz CT molecular complexity index is 712. The summed E-state index contributed by atoms with van der Waals surface area (Å²) in [6.45, 7) is 0.907. The van der Waals surface area contributed by atoms with E-state index in [9.17, 15) is 29.1 Å². The van der Waals surface area contributed by atoms with Gasteiger partial charge in [0.15, 0.2) is 0 Å². The van der Waals surface area contributed by atoms with Crippen LogP contribution in [0.15, 0.2) is 0 Å². The van der Waals surface area contributed by atoms with Crippen LogP contribution in [-0.2, 0) is 24.0 Å². The minimum Gasteiger partial charge on any atom is -0.480 e. The first-order chi connectivity index (χ1) is 17.1. The molecule has 12 N–H and O–H groups in total. The zero-order valence-corrected chi connectivity index (χ0v) is 21.8. The molecule has 0 aromatic rings. The molecular weight excluding hydrogens is 490 g/mol. The summed E-state index contributed by atoms with van der Waals surface area (Å²) in [5.74, 6) is -3.29. The topological polar surface area (TPSA) is 246 Å². The van der Waals surface area contributed by atoms with Crippen molar-refractivity contribution in [1.29, 1.82) is 0 Å². The van der Waals surface area contributed by atoms with Crippen LogP contribution in [0.25, 0.3) is 0 Å². The molecule has 0 heterocycles. The Hall–Kier alpha value is -2.42. The smallest absolute Gasteiger partial charge is 0.326 e. The summed E-state index contributed by atoms with van der Waals surface area (Å²) in [6, 6.07) is -4.14. The SMILES string of the molecule is CSCCC(NC(=O)C(CCCCN)NC(=O)C(N)CCCCN)C(=O)NC(CCC(N)=O)C(=O)O. The number of nitrogens with one attached hydrogen (secondary N) is 3. The van der Waals surface area contributed by atoms with Crippen LogP contribution in [0.1, 0.15) is 57.8 Å². The summed E-state index contributed by atoms with van der Waals surface area (Å²) in [6.07, 6.45) is 4.95. The largest absolute Gasteiger partial charge is 0.480 e. The highest BCUT2D eigenvalue weighted by atomic mass is 32.2. The minimum atomic E-state index is -1.34. The summed E-state index contributed by atoms with van der Waals surface area (Å²) in [5.41, 5.74) is 22.0. The van der Waals surface area contributed by atoms with Crippen LogP contribution < -0.4 is 38.9 Å². The van der Waals surface area contributed by atoms with Gasteiger partial charge in [0.05, 0.1) is 6.04 Å². The molecule has 36 heavy (non-hydrogen) atoms. The number of hydrogen-bond donors (Lipinski definition) is 8. The third kappa shape index (κ3) is 14.9. The normalized spacial score (nSPS) is 14.2. The Morgan fingerprint density at radius 2 is 1.25 bits per heavy atom. The Kier molecular flexibility index (Phi) is 18.4. The van der Waals surface area contributed by atoms with E-state index in [0.29, 0.717) is 44.5 Å². The summed E-state index contributed by atoms with van der Waals surface area (Å²) in [4.78, 5) is 61.0. The molecule has 208 valence electrons. The van der Waals surface area contributed by atoms with Gasteiger partial charge in [-0.2, -0.15) is 11.8 Å². The molecule has 4 atom stereocenters. The molecule has 0 aliphatic rings. The van der Waals surface area contributed by atoms with Gasteiger partial charge >= 0.3 is 5.97 Å². The van der Waals surface area contributed by atoms with Crippen molar-refractivity contribution in [2.24, 2.45) is 22.9 Å². The second-order valence-corrected chi connectivity index (χ2v) is 9.47. The number of rotatable bonds is 21. The van der Waals surface area contributed by atoms with Crippen molar-refractivity contribution in [3.63, 3.8) is 0 Å². The monoisotopic (exact) mass is 533 g/mol. The molecular formula is C22H43N7O6S. The molecule has 0 aromatic carbocycles. The predicted molar refractivity (Wildman–Crippen MR) is 139 cm³/mol. The van der Waals surface area contributed by atoms with Crippen molar-refractivity contribution < 1.29 is 29.1 Å². The van der Waals surface area contributed by atoms with Crippen molar-refractivity contribution in [2.75, 3.05) is 25.1 Å². The van der Waals surface area contributed by atoms with Crippen molar-refractivity contribution in [3.05, 3.63) is 0 Å². The zero-order valence-electron chi connectivity index (χ0n) is 21.0. The van der Waals surface area contributed by atoms with E-state index in [4.69, 9.17) is 22.9 Å². The average molecular weight is 534 g/mol. The van der Waals surface area contributed by atoms with Crippen molar-refractivity contribution in [2.45, 2.75) is 82.0 Å². The maximum absolute atomic E-state index is 13.1. The van der Waals surface area contributed by atoms with Crippen LogP contribution >= 0.6 is 11.8 Å². The van der Waals surface area contributed by atoms with E-state index >= 15 is 0 Å². The van der Waals surface area contributed by atoms with Crippen LogP contribution in [0.5, 0.6) is 0 Å². The molecule has 0 fully saturated rings. The number of aliphatic carboxylic acids is 1. The molecule has 0 saturated heterocycles. The highest BCUT2D eigenvalue weighted by Crippen LogP contribution is 2.08. The number of thioether (sulfide) groups is 1. The number of primary amides is 1. The Morgan fingerprint density at radius 1 is 0.750 bits per heavy atom. The number of carboxylic acids is 1. The van der Waals surface area contributed by atoms with Crippen LogP contribution in [0.2, 0.25) is 0 Å². The number of nitrogens with two attached hydrogens (primary N) is 4. The summed E-state index contributed by atoms with van der Waals surface area (Å²) >= 11 is 1.45. The fourth-order valence-corrected chi connectivity index (χ4v) is 3.74. The molecule has 0 rings (SSSR count). The molecule has 4 unspecified atom stereocenters. The van der Waals surface area contributed by atoms with Gasteiger partial charge in [-0.15, -0.1) is 0 Å². The molecule has 0 saturated carbocycles. The molecule has 0 bridgehead atoms. The first kappa shape index (κ1) is 33.6. The quantitative estimate of drug-likeness (QED) is 0.0763. The van der Waals surface area contributed by atoms with E-state index in [2.05, 4.69) is 16.0 Å². The molecule has 14 heteroatoms. The van der Waals surface area contributed by atoms with Gasteiger partial charge in [-0.05, 0) is 70.0 Å². The lowest BCUT2D eigenvalue weighted by atomic mass is 10.0. The van der Waals surface area contributed by atoms with Crippen molar-refractivity contribution >= 4 is 41.4 Å². The standard InChI is InChI=1S/C22H43N7O6S/c1-36-13-10-16(21(33)29-17(22(34)35)8-9-18(26)30)28-20(32)15(7-3-5-12-24)27-19(31)14(25)6-2-4-11-23/h14-17H,2-13,23-25H2,1H3,(H2,26,30)(H,27,31)(H,28,32)(H,29,33)(H,34,35). The highest BCUT2D eigenvalue weighted by molar-refractivity contribution is 7.98. The maximum atomic E-state index is 13.1. The van der Waals surface area contributed by atoms with Gasteiger partial charge < -0.3 is 44.0 Å². The van der Waals surface area contributed by atoms with Gasteiger partial charge in [0.25, 0.3) is 0 Å².